The maximum Gasteiger partial charge on any atom is 0.174 e. The summed E-state index contributed by atoms with van der Waals surface area (Å²) in [5, 5.41) is 5.05. The fourth-order valence-electron chi connectivity index (χ4n) is 6.96. The van der Waals surface area contributed by atoms with Crippen LogP contribution in [-0.4, -0.2) is 27.8 Å². The molecule has 4 heterocycles. The van der Waals surface area contributed by atoms with E-state index in [4.69, 9.17) is 28.8 Å². The van der Waals surface area contributed by atoms with E-state index in [1.54, 1.807) is 0 Å². The van der Waals surface area contributed by atoms with Crippen LogP contribution >= 0.6 is 23.8 Å². The molecule has 2 aliphatic heterocycles. The number of nitrogens with zero attached hydrogens (tertiary/aromatic N) is 4. The van der Waals surface area contributed by atoms with Crippen molar-refractivity contribution in [3.63, 3.8) is 0 Å². The molecular formula is C34H38ClN5S. The van der Waals surface area contributed by atoms with Crippen molar-refractivity contribution in [1.82, 2.24) is 14.9 Å². The van der Waals surface area contributed by atoms with E-state index in [0.717, 1.165) is 40.9 Å². The smallest absolute Gasteiger partial charge is 0.174 e. The molecule has 1 N–H and O–H groups in total. The minimum absolute atomic E-state index is 0.0980. The summed E-state index contributed by atoms with van der Waals surface area (Å²) in [4.78, 5) is 9.42. The molecule has 2 saturated heterocycles. The van der Waals surface area contributed by atoms with Gasteiger partial charge in [0.2, 0.25) is 0 Å². The van der Waals surface area contributed by atoms with E-state index >= 15 is 0 Å². The number of aromatic nitrogens is 2. The van der Waals surface area contributed by atoms with Crippen molar-refractivity contribution in [3.05, 3.63) is 106 Å². The normalized spacial score (nSPS) is 22.7. The molecule has 2 fully saturated rings. The number of pyridine rings is 1. The number of nitrogens with one attached hydrogen (secondary N) is 1. The van der Waals surface area contributed by atoms with Crippen LogP contribution in [0.2, 0.25) is 5.02 Å². The molecule has 4 atom stereocenters. The molecule has 0 amide bonds. The topological polar surface area (TPSA) is 36.3 Å². The Balaban J connectivity index is 1.44. The van der Waals surface area contributed by atoms with Crippen LogP contribution in [0.3, 0.4) is 0 Å². The Labute approximate surface area is 254 Å². The van der Waals surface area contributed by atoms with Crippen LogP contribution in [0, 0.1) is 32.6 Å². The van der Waals surface area contributed by atoms with Gasteiger partial charge in [0.15, 0.2) is 5.11 Å². The molecule has 0 aliphatic carbocycles. The van der Waals surface area contributed by atoms with Crippen molar-refractivity contribution >= 4 is 40.3 Å². The molecule has 212 valence electrons. The van der Waals surface area contributed by atoms with E-state index in [-0.39, 0.29) is 12.1 Å². The second kappa shape index (κ2) is 11.1. The zero-order valence-corrected chi connectivity index (χ0v) is 26.0. The number of anilines is 2. The second-order valence-electron chi connectivity index (χ2n) is 12.0. The standard InChI is InChI=1S/C34H38ClN5S/c1-21-9-8-10-26(16-21)39-24(4)17-28(25(39)5)33-32(30-11-6-7-14-36-30)37-34(41)40(33)27-12-13-31(29(35)18-27)38-19-22(2)15-23(3)20-38/h6-14,16-18,22-23,32-33H,15,19-20H2,1-5H3,(H,37,41)/t22-,23+,32-,33-/m1/s1. The fourth-order valence-corrected chi connectivity index (χ4v) is 7.60. The van der Waals surface area contributed by atoms with Gasteiger partial charge in [0.05, 0.1) is 28.5 Å². The molecule has 0 saturated carbocycles. The highest BCUT2D eigenvalue weighted by atomic mass is 35.5. The maximum atomic E-state index is 7.04. The van der Waals surface area contributed by atoms with Crippen LogP contribution in [0.1, 0.15) is 60.6 Å². The first kappa shape index (κ1) is 27.8. The number of benzene rings is 2. The van der Waals surface area contributed by atoms with Crippen LogP contribution in [-0.2, 0) is 0 Å². The Morgan fingerprint density at radius 1 is 0.902 bits per heavy atom. The van der Waals surface area contributed by atoms with Gasteiger partial charge in [-0.05, 0) is 111 Å². The average Bonchev–Trinajstić information content (AvgIpc) is 3.43. The third kappa shape index (κ3) is 5.24. The summed E-state index contributed by atoms with van der Waals surface area (Å²) >= 11 is 13.1. The van der Waals surface area contributed by atoms with E-state index in [0.29, 0.717) is 16.9 Å². The molecule has 0 bridgehead atoms. The highest BCUT2D eigenvalue weighted by molar-refractivity contribution is 7.80. The Kier molecular flexibility index (Phi) is 7.56. The summed E-state index contributed by atoms with van der Waals surface area (Å²) in [6.07, 6.45) is 3.11. The van der Waals surface area contributed by atoms with Gasteiger partial charge in [-0.2, -0.15) is 0 Å². The van der Waals surface area contributed by atoms with Crippen molar-refractivity contribution in [2.45, 2.75) is 53.1 Å². The molecule has 6 rings (SSSR count). The van der Waals surface area contributed by atoms with Crippen molar-refractivity contribution in [2.24, 2.45) is 11.8 Å². The zero-order chi connectivity index (χ0) is 28.8. The molecule has 5 nitrogen and oxygen atoms in total. The van der Waals surface area contributed by atoms with Crippen LogP contribution in [0.25, 0.3) is 5.69 Å². The number of rotatable bonds is 5. The van der Waals surface area contributed by atoms with Gasteiger partial charge >= 0.3 is 0 Å². The number of hydrogen-bond acceptors (Lipinski definition) is 3. The van der Waals surface area contributed by atoms with E-state index in [1.807, 2.05) is 18.3 Å². The predicted molar refractivity (Wildman–Crippen MR) is 175 cm³/mol. The summed E-state index contributed by atoms with van der Waals surface area (Å²) in [7, 11) is 0. The van der Waals surface area contributed by atoms with Gasteiger partial charge in [0, 0.05) is 42.0 Å². The monoisotopic (exact) mass is 583 g/mol. The van der Waals surface area contributed by atoms with Crippen LogP contribution in [0.15, 0.2) is 72.9 Å². The van der Waals surface area contributed by atoms with Gasteiger partial charge in [0.1, 0.15) is 0 Å². The molecule has 0 unspecified atom stereocenters. The lowest BCUT2D eigenvalue weighted by Crippen LogP contribution is -2.38. The first-order valence-corrected chi connectivity index (χ1v) is 15.3. The Morgan fingerprint density at radius 2 is 1.68 bits per heavy atom. The number of hydrogen-bond donors (Lipinski definition) is 1. The third-order valence-corrected chi connectivity index (χ3v) is 9.18. The first-order valence-electron chi connectivity index (χ1n) is 14.5. The van der Waals surface area contributed by atoms with Gasteiger partial charge in [-0.3, -0.25) is 4.98 Å². The minimum atomic E-state index is -0.114. The summed E-state index contributed by atoms with van der Waals surface area (Å²) in [5.74, 6) is 1.30. The maximum absolute atomic E-state index is 7.04. The lowest BCUT2D eigenvalue weighted by atomic mass is 9.91. The highest BCUT2D eigenvalue weighted by Crippen LogP contribution is 2.45. The van der Waals surface area contributed by atoms with Crippen LogP contribution < -0.4 is 15.1 Å². The molecule has 2 aromatic carbocycles. The van der Waals surface area contributed by atoms with Gasteiger partial charge in [0.25, 0.3) is 0 Å². The molecule has 41 heavy (non-hydrogen) atoms. The van der Waals surface area contributed by atoms with Crippen LogP contribution in [0.5, 0.6) is 0 Å². The molecular weight excluding hydrogens is 546 g/mol. The summed E-state index contributed by atoms with van der Waals surface area (Å²) in [6, 6.07) is 23.2. The van der Waals surface area contributed by atoms with E-state index < -0.39 is 0 Å². The Bertz CT molecular complexity index is 1570. The lowest BCUT2D eigenvalue weighted by Gasteiger charge is -2.37. The number of piperidine rings is 1. The van der Waals surface area contributed by atoms with Gasteiger partial charge in [-0.1, -0.05) is 43.6 Å². The molecule has 7 heteroatoms. The van der Waals surface area contributed by atoms with Gasteiger partial charge in [-0.25, -0.2) is 0 Å². The molecule has 0 radical (unpaired) electrons. The van der Waals surface area contributed by atoms with E-state index in [1.165, 1.54) is 28.9 Å². The molecule has 4 aromatic rings. The van der Waals surface area contributed by atoms with Gasteiger partial charge in [-0.15, -0.1) is 0 Å². The highest BCUT2D eigenvalue weighted by Gasteiger charge is 2.42. The molecule has 2 aliphatic rings. The third-order valence-electron chi connectivity index (χ3n) is 8.57. The van der Waals surface area contributed by atoms with Crippen molar-refractivity contribution in [2.75, 3.05) is 22.9 Å². The van der Waals surface area contributed by atoms with E-state index in [9.17, 15) is 0 Å². The molecule has 0 spiro atoms. The summed E-state index contributed by atoms with van der Waals surface area (Å²) in [5.41, 5.74) is 9.03. The SMILES string of the molecule is Cc1cccc(-n2c(C)cc([C@@H]3[C@@H](c4ccccn4)NC(=S)N3c3ccc(N4C[C@H](C)C[C@H](C)C4)c(Cl)c3)c2C)c1. The fraction of sp³-hybridized carbons (Fsp3) is 0.353. The van der Waals surface area contributed by atoms with Gasteiger partial charge < -0.3 is 19.7 Å². The Morgan fingerprint density at radius 3 is 2.37 bits per heavy atom. The number of halogens is 1. The van der Waals surface area contributed by atoms with E-state index in [2.05, 4.69) is 109 Å². The number of thiocarbonyl (C=S) groups is 1. The number of aryl methyl sites for hydroxylation is 2. The minimum Gasteiger partial charge on any atom is -0.370 e. The lowest BCUT2D eigenvalue weighted by molar-refractivity contribution is 0.357. The first-order chi connectivity index (χ1) is 19.7. The average molecular weight is 584 g/mol. The Hall–Kier alpha value is -3.35. The zero-order valence-electron chi connectivity index (χ0n) is 24.4. The predicted octanol–water partition coefficient (Wildman–Crippen LogP) is 8.11. The summed E-state index contributed by atoms with van der Waals surface area (Å²) in [6.45, 7) is 13.2. The summed E-state index contributed by atoms with van der Waals surface area (Å²) < 4.78 is 2.34. The second-order valence-corrected chi connectivity index (χ2v) is 12.8. The van der Waals surface area contributed by atoms with Crippen molar-refractivity contribution in [3.8, 4) is 5.69 Å². The van der Waals surface area contributed by atoms with Crippen molar-refractivity contribution in [1.29, 1.82) is 0 Å². The van der Waals surface area contributed by atoms with Crippen molar-refractivity contribution < 1.29 is 0 Å². The largest absolute Gasteiger partial charge is 0.370 e. The molecule has 2 aromatic heterocycles. The quantitative estimate of drug-likeness (QED) is 0.240. The van der Waals surface area contributed by atoms with Crippen LogP contribution in [0.4, 0.5) is 11.4 Å².